The lowest BCUT2D eigenvalue weighted by molar-refractivity contribution is -0.116. The summed E-state index contributed by atoms with van der Waals surface area (Å²) in [6, 6.07) is 12.8. The maximum Gasteiger partial charge on any atom is 0.244 e. The molecule has 0 radical (unpaired) electrons. The molecule has 0 atom stereocenters. The average molecular weight is 417 g/mol. The van der Waals surface area contributed by atoms with Gasteiger partial charge in [0.1, 0.15) is 5.82 Å². The van der Waals surface area contributed by atoms with Gasteiger partial charge in [-0.25, -0.2) is 4.39 Å². The third-order valence-electron chi connectivity index (χ3n) is 4.54. The molecule has 1 fully saturated rings. The highest BCUT2D eigenvalue weighted by Crippen LogP contribution is 2.17. The minimum Gasteiger partial charge on any atom is -0.348 e. The number of carbonyl (C=O) groups is 1. The molecular weight excluding hydrogens is 395 g/mol. The number of likely N-dealkylation sites (tertiary alicyclic amines) is 1. The third kappa shape index (κ3) is 5.26. The Bertz CT molecular complexity index is 800. The van der Waals surface area contributed by atoms with Gasteiger partial charge in [0, 0.05) is 29.2 Å². The highest BCUT2D eigenvalue weighted by molar-refractivity contribution is 9.10. The Morgan fingerprint density at radius 2 is 1.88 bits per heavy atom. The van der Waals surface area contributed by atoms with E-state index >= 15 is 0 Å². The number of benzene rings is 2. The van der Waals surface area contributed by atoms with Crippen LogP contribution in [0.5, 0.6) is 0 Å². The molecule has 1 heterocycles. The van der Waals surface area contributed by atoms with Gasteiger partial charge in [-0.3, -0.25) is 9.69 Å². The van der Waals surface area contributed by atoms with E-state index in [1.54, 1.807) is 12.1 Å². The summed E-state index contributed by atoms with van der Waals surface area (Å²) in [5.41, 5.74) is 2.75. The van der Waals surface area contributed by atoms with Crippen LogP contribution >= 0.6 is 15.9 Å². The van der Waals surface area contributed by atoms with E-state index in [0.29, 0.717) is 12.1 Å². The fraction of sp³-hybridized carbons (Fsp3) is 0.286. The highest BCUT2D eigenvalue weighted by atomic mass is 79.9. The van der Waals surface area contributed by atoms with Crippen LogP contribution in [0.1, 0.15) is 29.5 Å². The van der Waals surface area contributed by atoms with Crippen LogP contribution in [0.25, 0.3) is 6.08 Å². The minimum atomic E-state index is -0.354. The van der Waals surface area contributed by atoms with Gasteiger partial charge in [-0.15, -0.1) is 0 Å². The molecule has 136 valence electrons. The second-order valence-electron chi connectivity index (χ2n) is 6.47. The number of hydrogen-bond donors (Lipinski definition) is 1. The summed E-state index contributed by atoms with van der Waals surface area (Å²) in [7, 11) is 0. The summed E-state index contributed by atoms with van der Waals surface area (Å²) >= 11 is 3.30. The standard InChI is InChI=1S/C21H22BrFN2O/c22-19-8-9-20(23)16(13-19)7-10-21(26)24-14-17-5-1-2-6-18(17)15-25-11-3-4-12-25/h1-2,5-10,13H,3-4,11-12,14-15H2,(H,24,26)/b10-7+. The predicted octanol–water partition coefficient (Wildman–Crippen LogP) is 4.51. The van der Waals surface area contributed by atoms with Gasteiger partial charge in [-0.2, -0.15) is 0 Å². The summed E-state index contributed by atoms with van der Waals surface area (Å²) in [6.07, 6.45) is 5.38. The molecule has 0 aliphatic carbocycles. The number of hydrogen-bond acceptors (Lipinski definition) is 2. The summed E-state index contributed by atoms with van der Waals surface area (Å²) in [5, 5.41) is 2.89. The molecule has 1 amide bonds. The fourth-order valence-electron chi connectivity index (χ4n) is 3.11. The summed E-state index contributed by atoms with van der Waals surface area (Å²) in [5.74, 6) is -0.589. The lowest BCUT2D eigenvalue weighted by atomic mass is 10.1. The van der Waals surface area contributed by atoms with Crippen molar-refractivity contribution >= 4 is 27.9 Å². The molecule has 2 aromatic carbocycles. The molecule has 0 spiro atoms. The smallest absolute Gasteiger partial charge is 0.244 e. The summed E-state index contributed by atoms with van der Waals surface area (Å²) in [4.78, 5) is 14.5. The van der Waals surface area contributed by atoms with Crippen molar-refractivity contribution < 1.29 is 9.18 Å². The average Bonchev–Trinajstić information content (AvgIpc) is 3.15. The first-order valence-corrected chi connectivity index (χ1v) is 9.61. The highest BCUT2D eigenvalue weighted by Gasteiger charge is 2.13. The van der Waals surface area contributed by atoms with Crippen LogP contribution in [0.2, 0.25) is 0 Å². The second kappa shape index (κ2) is 9.10. The van der Waals surface area contributed by atoms with Crippen molar-refractivity contribution in [3.63, 3.8) is 0 Å². The quantitative estimate of drug-likeness (QED) is 0.702. The number of nitrogens with one attached hydrogen (secondary N) is 1. The topological polar surface area (TPSA) is 32.3 Å². The Labute approximate surface area is 162 Å². The third-order valence-corrected chi connectivity index (χ3v) is 5.03. The van der Waals surface area contributed by atoms with Crippen molar-refractivity contribution in [1.29, 1.82) is 0 Å². The Morgan fingerprint density at radius 3 is 2.65 bits per heavy atom. The largest absolute Gasteiger partial charge is 0.348 e. The van der Waals surface area contributed by atoms with Crippen molar-refractivity contribution in [1.82, 2.24) is 10.2 Å². The van der Waals surface area contributed by atoms with Gasteiger partial charge < -0.3 is 5.32 Å². The molecule has 0 bridgehead atoms. The molecule has 3 rings (SSSR count). The van der Waals surface area contributed by atoms with Crippen molar-refractivity contribution in [2.45, 2.75) is 25.9 Å². The SMILES string of the molecule is O=C(/C=C/c1cc(Br)ccc1F)NCc1ccccc1CN1CCCC1. The second-order valence-corrected chi connectivity index (χ2v) is 7.38. The van der Waals surface area contributed by atoms with Gasteiger partial charge in [0.15, 0.2) is 0 Å². The monoisotopic (exact) mass is 416 g/mol. The maximum atomic E-state index is 13.7. The van der Waals surface area contributed by atoms with Crippen LogP contribution in [0.3, 0.4) is 0 Å². The molecule has 26 heavy (non-hydrogen) atoms. The van der Waals surface area contributed by atoms with Crippen LogP contribution in [0, 0.1) is 5.82 Å². The lowest BCUT2D eigenvalue weighted by Crippen LogP contribution is -2.23. The fourth-order valence-corrected chi connectivity index (χ4v) is 3.49. The first-order chi connectivity index (χ1) is 12.6. The van der Waals surface area contributed by atoms with E-state index in [2.05, 4.69) is 32.2 Å². The minimum absolute atomic E-state index is 0.236. The molecule has 5 heteroatoms. The van der Waals surface area contributed by atoms with E-state index in [1.807, 2.05) is 18.2 Å². The zero-order chi connectivity index (χ0) is 18.4. The number of halogens is 2. The molecule has 0 unspecified atom stereocenters. The van der Waals surface area contributed by atoms with E-state index in [-0.39, 0.29) is 11.7 Å². The van der Waals surface area contributed by atoms with Crippen molar-refractivity contribution in [3.8, 4) is 0 Å². The van der Waals surface area contributed by atoms with Gasteiger partial charge in [-0.05, 0) is 61.3 Å². The maximum absolute atomic E-state index is 13.7. The van der Waals surface area contributed by atoms with Crippen LogP contribution in [0.4, 0.5) is 4.39 Å². The van der Waals surface area contributed by atoms with E-state index in [9.17, 15) is 9.18 Å². The van der Waals surface area contributed by atoms with Crippen molar-refractivity contribution in [2.75, 3.05) is 13.1 Å². The van der Waals surface area contributed by atoms with Crippen LogP contribution in [-0.2, 0) is 17.9 Å². The summed E-state index contributed by atoms with van der Waals surface area (Å²) in [6.45, 7) is 3.67. The Hall–Kier alpha value is -1.98. The Kier molecular flexibility index (Phi) is 6.58. The predicted molar refractivity (Wildman–Crippen MR) is 106 cm³/mol. The first kappa shape index (κ1) is 18.8. The molecule has 1 aliphatic rings. The van der Waals surface area contributed by atoms with Gasteiger partial charge in [0.2, 0.25) is 5.91 Å². The van der Waals surface area contributed by atoms with Crippen molar-refractivity contribution in [3.05, 3.63) is 75.5 Å². The molecule has 1 N–H and O–H groups in total. The molecule has 2 aromatic rings. The van der Waals surface area contributed by atoms with Crippen molar-refractivity contribution in [2.24, 2.45) is 0 Å². The molecule has 0 aromatic heterocycles. The number of nitrogens with zero attached hydrogens (tertiary/aromatic N) is 1. The van der Waals surface area contributed by atoms with Gasteiger partial charge >= 0.3 is 0 Å². The van der Waals surface area contributed by atoms with E-state index in [0.717, 1.165) is 29.7 Å². The normalized spacial score (nSPS) is 14.8. The molecule has 1 aliphatic heterocycles. The number of amides is 1. The lowest BCUT2D eigenvalue weighted by Gasteiger charge is -2.17. The van der Waals surface area contributed by atoms with E-state index in [1.165, 1.54) is 36.6 Å². The molecular formula is C21H22BrFN2O. The van der Waals surface area contributed by atoms with Gasteiger partial charge in [0.05, 0.1) is 0 Å². The Morgan fingerprint density at radius 1 is 1.15 bits per heavy atom. The number of rotatable bonds is 6. The molecule has 3 nitrogen and oxygen atoms in total. The molecule has 1 saturated heterocycles. The van der Waals surface area contributed by atoms with E-state index in [4.69, 9.17) is 0 Å². The van der Waals surface area contributed by atoms with E-state index < -0.39 is 0 Å². The number of carbonyl (C=O) groups excluding carboxylic acids is 1. The van der Waals surface area contributed by atoms with Gasteiger partial charge in [-0.1, -0.05) is 40.2 Å². The van der Waals surface area contributed by atoms with Crippen LogP contribution < -0.4 is 5.32 Å². The Balaban J connectivity index is 1.59. The summed E-state index contributed by atoms with van der Waals surface area (Å²) < 4.78 is 14.5. The molecule has 0 saturated carbocycles. The first-order valence-electron chi connectivity index (χ1n) is 8.82. The zero-order valence-electron chi connectivity index (χ0n) is 14.6. The zero-order valence-corrected chi connectivity index (χ0v) is 16.1. The van der Waals surface area contributed by atoms with Gasteiger partial charge in [0.25, 0.3) is 0 Å². The van der Waals surface area contributed by atoms with Crippen LogP contribution in [0.15, 0.2) is 53.0 Å². The van der Waals surface area contributed by atoms with Crippen LogP contribution in [-0.4, -0.2) is 23.9 Å².